The van der Waals surface area contributed by atoms with E-state index >= 15 is 0 Å². The van der Waals surface area contributed by atoms with Gasteiger partial charge in [0.15, 0.2) is 11.5 Å². The van der Waals surface area contributed by atoms with E-state index in [0.717, 1.165) is 30.9 Å². The monoisotopic (exact) mass is 560 g/mol. The summed E-state index contributed by atoms with van der Waals surface area (Å²) in [5.74, 6) is 0.664. The molecule has 1 aromatic carbocycles. The number of likely N-dealkylation sites (tertiary alicyclic amines) is 1. The second-order valence-electron chi connectivity index (χ2n) is 12.2. The Balaban J connectivity index is 0.00000308. The number of ether oxygens (including phenoxy) is 4. The molecule has 2 fully saturated rings. The molecular formula is C30H41ClN2O6. The molecule has 2 spiro atoms. The highest BCUT2D eigenvalue weighted by molar-refractivity contribution is 5.88. The SMILES string of the molecule is CCOC(=O)C(CC(C)C)NC(=O)C1CC23C=CC1(OC)C1Oc4c(OC)ccc5c4[C@@]12CCN(C)C3C5.Cl. The number of methoxy groups -OCH3 is 2. The van der Waals surface area contributed by atoms with Gasteiger partial charge in [0.1, 0.15) is 17.7 Å². The Morgan fingerprint density at radius 2 is 2.00 bits per heavy atom. The fourth-order valence-corrected chi connectivity index (χ4v) is 8.70. The van der Waals surface area contributed by atoms with Crippen LogP contribution in [0.3, 0.4) is 0 Å². The Morgan fingerprint density at radius 3 is 2.67 bits per heavy atom. The van der Waals surface area contributed by atoms with Gasteiger partial charge >= 0.3 is 5.97 Å². The number of amides is 1. The lowest BCUT2D eigenvalue weighted by Crippen LogP contribution is -2.80. The van der Waals surface area contributed by atoms with Gasteiger partial charge < -0.3 is 29.2 Å². The molecule has 2 aliphatic heterocycles. The van der Waals surface area contributed by atoms with Crippen molar-refractivity contribution in [3.8, 4) is 11.5 Å². The van der Waals surface area contributed by atoms with Gasteiger partial charge in [0.05, 0.1) is 25.0 Å². The molecule has 1 aromatic rings. The van der Waals surface area contributed by atoms with E-state index in [4.69, 9.17) is 18.9 Å². The summed E-state index contributed by atoms with van der Waals surface area (Å²) >= 11 is 0. The third kappa shape index (κ3) is 3.50. The van der Waals surface area contributed by atoms with Crippen LogP contribution in [0.1, 0.15) is 51.2 Å². The number of nitrogens with zero attached hydrogens (tertiary/aromatic N) is 1. The van der Waals surface area contributed by atoms with Crippen molar-refractivity contribution in [1.29, 1.82) is 0 Å². The predicted molar refractivity (Wildman–Crippen MR) is 149 cm³/mol. The molecule has 1 amide bonds. The molecule has 0 aromatic heterocycles. The molecule has 6 unspecified atom stereocenters. The van der Waals surface area contributed by atoms with Crippen molar-refractivity contribution in [1.82, 2.24) is 10.2 Å². The number of piperidine rings is 1. The first-order valence-corrected chi connectivity index (χ1v) is 14.0. The predicted octanol–water partition coefficient (Wildman–Crippen LogP) is 3.43. The Kier molecular flexibility index (Phi) is 7.00. The second kappa shape index (κ2) is 9.67. The Labute approximate surface area is 237 Å². The summed E-state index contributed by atoms with van der Waals surface area (Å²) in [5, 5.41) is 3.08. The van der Waals surface area contributed by atoms with Crippen LogP contribution in [0.4, 0.5) is 0 Å². The first kappa shape index (κ1) is 28.2. The number of carbonyl (C=O) groups excluding carboxylic acids is 2. The molecule has 8 nitrogen and oxygen atoms in total. The standard InChI is InChI=1S/C30H40N2O6.ClH/c1-7-37-26(34)20(14-17(2)3)31-25(33)19-16-28-10-11-30(19,36-6)27-29(28)12-13-32(4)22(28)15-18-8-9-21(35-5)24(38-27)23(18)29;/h8-11,17,19-20,22,27H,7,12-16H2,1-6H3,(H,31,33);1H/t19?,20?,22?,27?,28?,29-,30?;/m0./s1. The number of rotatable bonds is 8. The molecule has 1 saturated heterocycles. The molecule has 9 heteroatoms. The zero-order valence-electron chi connectivity index (χ0n) is 23.7. The minimum atomic E-state index is -0.970. The minimum absolute atomic E-state index is 0. The molecule has 6 aliphatic rings. The van der Waals surface area contributed by atoms with Crippen LogP contribution in [0.15, 0.2) is 24.3 Å². The summed E-state index contributed by atoms with van der Waals surface area (Å²) in [6, 6.07) is 3.72. The highest BCUT2D eigenvalue weighted by Gasteiger charge is 2.79. The molecule has 7 atom stereocenters. The van der Waals surface area contributed by atoms with E-state index < -0.39 is 17.6 Å². The third-order valence-corrected chi connectivity index (χ3v) is 10.2. The molecule has 7 rings (SSSR count). The van der Waals surface area contributed by atoms with Crippen LogP contribution in [-0.2, 0) is 30.9 Å². The van der Waals surface area contributed by atoms with Gasteiger partial charge in [-0.3, -0.25) is 4.79 Å². The summed E-state index contributed by atoms with van der Waals surface area (Å²) in [5.41, 5.74) is 0.983. The first-order valence-electron chi connectivity index (χ1n) is 14.0. The van der Waals surface area contributed by atoms with Crippen molar-refractivity contribution in [2.75, 3.05) is 34.4 Å². The van der Waals surface area contributed by atoms with E-state index in [0.29, 0.717) is 12.8 Å². The molecule has 0 radical (unpaired) electrons. The number of hydrogen-bond acceptors (Lipinski definition) is 7. The number of fused-ring (bicyclic) bond motifs is 1. The van der Waals surface area contributed by atoms with E-state index in [1.54, 1.807) is 21.1 Å². The van der Waals surface area contributed by atoms with Gasteiger partial charge in [-0.25, -0.2) is 4.79 Å². The fraction of sp³-hybridized carbons (Fsp3) is 0.667. The Bertz CT molecular complexity index is 1200. The molecule has 39 heavy (non-hydrogen) atoms. The van der Waals surface area contributed by atoms with Crippen LogP contribution in [0.5, 0.6) is 11.5 Å². The Morgan fingerprint density at radius 1 is 1.23 bits per heavy atom. The summed E-state index contributed by atoms with van der Waals surface area (Å²) in [6.07, 6.45) is 7.02. The van der Waals surface area contributed by atoms with Gasteiger partial charge in [-0.15, -0.1) is 12.4 Å². The lowest BCUT2D eigenvalue weighted by Gasteiger charge is -2.70. The molecule has 2 heterocycles. The van der Waals surface area contributed by atoms with Gasteiger partial charge in [0.2, 0.25) is 5.91 Å². The molecule has 214 valence electrons. The van der Waals surface area contributed by atoms with Gasteiger partial charge in [-0.1, -0.05) is 32.1 Å². The smallest absolute Gasteiger partial charge is 0.328 e. The quantitative estimate of drug-likeness (QED) is 0.385. The molecule has 1 saturated carbocycles. The number of benzene rings is 1. The summed E-state index contributed by atoms with van der Waals surface area (Å²) in [4.78, 5) is 29.4. The Hall–Kier alpha value is -2.29. The molecule has 1 N–H and O–H groups in total. The maximum atomic E-state index is 14.2. The summed E-state index contributed by atoms with van der Waals surface area (Å²) in [6.45, 7) is 7.08. The summed E-state index contributed by atoms with van der Waals surface area (Å²) < 4.78 is 24.4. The highest BCUT2D eigenvalue weighted by atomic mass is 35.5. The lowest BCUT2D eigenvalue weighted by molar-refractivity contribution is -0.214. The zero-order valence-corrected chi connectivity index (χ0v) is 24.6. The van der Waals surface area contributed by atoms with Crippen molar-refractivity contribution in [2.24, 2.45) is 17.3 Å². The number of halogens is 1. The maximum absolute atomic E-state index is 14.2. The maximum Gasteiger partial charge on any atom is 0.328 e. The van der Waals surface area contributed by atoms with E-state index in [9.17, 15) is 9.59 Å². The second-order valence-corrected chi connectivity index (χ2v) is 12.2. The fourth-order valence-electron chi connectivity index (χ4n) is 8.70. The van der Waals surface area contributed by atoms with Crippen LogP contribution < -0.4 is 14.8 Å². The van der Waals surface area contributed by atoms with Crippen LogP contribution >= 0.6 is 12.4 Å². The highest BCUT2D eigenvalue weighted by Crippen LogP contribution is 2.74. The number of hydrogen-bond donors (Lipinski definition) is 1. The lowest BCUT2D eigenvalue weighted by atomic mass is 9.37. The largest absolute Gasteiger partial charge is 0.493 e. The first-order chi connectivity index (χ1) is 18.2. The van der Waals surface area contributed by atoms with Gasteiger partial charge in [0.25, 0.3) is 0 Å². The van der Waals surface area contributed by atoms with E-state index in [-0.39, 0.29) is 59.8 Å². The van der Waals surface area contributed by atoms with Gasteiger partial charge in [0, 0.05) is 24.1 Å². The van der Waals surface area contributed by atoms with Crippen LogP contribution in [0.25, 0.3) is 0 Å². The van der Waals surface area contributed by atoms with Crippen molar-refractivity contribution < 1.29 is 28.5 Å². The van der Waals surface area contributed by atoms with Crippen LogP contribution in [0.2, 0.25) is 0 Å². The number of likely N-dealkylation sites (N-methyl/N-ethyl adjacent to an activating group) is 1. The topological polar surface area (TPSA) is 86.3 Å². The van der Waals surface area contributed by atoms with Crippen LogP contribution in [0, 0.1) is 17.3 Å². The van der Waals surface area contributed by atoms with Crippen molar-refractivity contribution in [3.63, 3.8) is 0 Å². The van der Waals surface area contributed by atoms with Crippen LogP contribution in [-0.4, -0.2) is 75.0 Å². The number of esters is 1. The number of nitrogens with one attached hydrogen (secondary N) is 1. The third-order valence-electron chi connectivity index (χ3n) is 10.2. The minimum Gasteiger partial charge on any atom is -0.493 e. The molecule has 4 aliphatic carbocycles. The van der Waals surface area contributed by atoms with E-state index in [2.05, 4.69) is 35.5 Å². The average Bonchev–Trinajstić information content (AvgIpc) is 3.27. The average molecular weight is 561 g/mol. The normalized spacial score (nSPS) is 35.5. The molecular weight excluding hydrogens is 520 g/mol. The zero-order chi connectivity index (χ0) is 27.0. The van der Waals surface area contributed by atoms with Crippen molar-refractivity contribution in [2.45, 2.75) is 75.7 Å². The van der Waals surface area contributed by atoms with E-state index in [1.165, 1.54) is 11.1 Å². The van der Waals surface area contributed by atoms with Gasteiger partial charge in [-0.05, 0) is 63.7 Å². The van der Waals surface area contributed by atoms with Crippen molar-refractivity contribution >= 4 is 24.3 Å². The number of carbonyl (C=O) groups is 2. The van der Waals surface area contributed by atoms with Gasteiger partial charge in [-0.2, -0.15) is 0 Å². The molecule has 4 bridgehead atoms. The van der Waals surface area contributed by atoms with E-state index in [1.807, 2.05) is 19.9 Å². The summed E-state index contributed by atoms with van der Waals surface area (Å²) in [7, 11) is 5.55. The van der Waals surface area contributed by atoms with Crippen molar-refractivity contribution in [3.05, 3.63) is 35.4 Å².